The van der Waals surface area contributed by atoms with Crippen molar-refractivity contribution in [1.82, 2.24) is 0 Å². The average Bonchev–Trinajstić information content (AvgIpc) is 2.33. The number of hydrogen-bond acceptors (Lipinski definition) is 2. The molecule has 4 heteroatoms. The highest BCUT2D eigenvalue weighted by molar-refractivity contribution is 9.10. The van der Waals surface area contributed by atoms with E-state index in [0.29, 0.717) is 11.3 Å². The van der Waals surface area contributed by atoms with E-state index in [2.05, 4.69) is 15.9 Å². The zero-order valence-electron chi connectivity index (χ0n) is 8.99. The molecule has 1 nitrogen and oxygen atoms in total. The molecule has 0 saturated heterocycles. The van der Waals surface area contributed by atoms with Gasteiger partial charge >= 0.3 is 0 Å². The average molecular weight is 312 g/mol. The van der Waals surface area contributed by atoms with E-state index in [4.69, 9.17) is 5.73 Å². The third kappa shape index (κ3) is 3.01. The molecule has 0 bridgehead atoms. The Morgan fingerprint density at radius 2 is 1.88 bits per heavy atom. The Morgan fingerprint density at radius 3 is 2.65 bits per heavy atom. The van der Waals surface area contributed by atoms with Crippen LogP contribution in [0.3, 0.4) is 0 Å². The zero-order valence-corrected chi connectivity index (χ0v) is 11.4. The molecule has 2 N–H and O–H groups in total. The molecule has 0 atom stereocenters. The van der Waals surface area contributed by atoms with Crippen LogP contribution in [0.4, 0.5) is 10.1 Å². The van der Waals surface area contributed by atoms with Gasteiger partial charge in [-0.3, -0.25) is 0 Å². The molecule has 0 heterocycles. The quantitative estimate of drug-likeness (QED) is 0.669. The van der Waals surface area contributed by atoms with Gasteiger partial charge in [0.25, 0.3) is 0 Å². The third-order valence-corrected chi connectivity index (χ3v) is 4.40. The lowest BCUT2D eigenvalue weighted by molar-refractivity contribution is 0.622. The molecule has 2 rings (SSSR count). The minimum absolute atomic E-state index is 0.204. The number of nitrogens with two attached hydrogens (primary N) is 1. The predicted molar refractivity (Wildman–Crippen MR) is 74.5 cm³/mol. The second kappa shape index (κ2) is 5.56. The molecular weight excluding hydrogens is 301 g/mol. The molecule has 0 unspecified atom stereocenters. The van der Waals surface area contributed by atoms with Gasteiger partial charge in [-0.05, 0) is 34.1 Å². The minimum atomic E-state index is -0.313. The summed E-state index contributed by atoms with van der Waals surface area (Å²) in [6, 6.07) is 13.0. The van der Waals surface area contributed by atoms with Crippen molar-refractivity contribution < 1.29 is 4.39 Å². The fourth-order valence-electron chi connectivity index (χ4n) is 1.43. The highest BCUT2D eigenvalue weighted by Crippen LogP contribution is 2.30. The molecule has 2 aromatic rings. The van der Waals surface area contributed by atoms with Crippen LogP contribution in [0.2, 0.25) is 0 Å². The SMILES string of the molecule is Nc1cccc(CSc2ccccc2Br)c1F. The lowest BCUT2D eigenvalue weighted by atomic mass is 10.2. The summed E-state index contributed by atoms with van der Waals surface area (Å²) in [6.45, 7) is 0. The van der Waals surface area contributed by atoms with Gasteiger partial charge in [0.05, 0.1) is 5.69 Å². The van der Waals surface area contributed by atoms with Crippen molar-refractivity contribution in [3.8, 4) is 0 Å². The number of benzene rings is 2. The second-order valence-electron chi connectivity index (χ2n) is 3.54. The van der Waals surface area contributed by atoms with Crippen LogP contribution in [-0.2, 0) is 5.75 Å². The number of halogens is 2. The molecule has 17 heavy (non-hydrogen) atoms. The van der Waals surface area contributed by atoms with Crippen LogP contribution in [-0.4, -0.2) is 0 Å². The second-order valence-corrected chi connectivity index (χ2v) is 5.41. The van der Waals surface area contributed by atoms with Crippen LogP contribution >= 0.6 is 27.7 Å². The van der Waals surface area contributed by atoms with Gasteiger partial charge in [0.2, 0.25) is 0 Å². The van der Waals surface area contributed by atoms with Crippen molar-refractivity contribution in [1.29, 1.82) is 0 Å². The summed E-state index contributed by atoms with van der Waals surface area (Å²) >= 11 is 5.04. The minimum Gasteiger partial charge on any atom is -0.396 e. The van der Waals surface area contributed by atoms with Gasteiger partial charge in [-0.15, -0.1) is 11.8 Å². The van der Waals surface area contributed by atoms with Gasteiger partial charge in [0.15, 0.2) is 0 Å². The molecule has 0 amide bonds. The molecule has 0 aromatic heterocycles. The Hall–Kier alpha value is -1.000. The molecule has 0 fully saturated rings. The molecule has 0 saturated carbocycles. The third-order valence-electron chi connectivity index (χ3n) is 2.33. The fourth-order valence-corrected chi connectivity index (χ4v) is 2.97. The maximum absolute atomic E-state index is 13.7. The van der Waals surface area contributed by atoms with Crippen LogP contribution in [0.25, 0.3) is 0 Å². The summed E-state index contributed by atoms with van der Waals surface area (Å²) in [6.07, 6.45) is 0. The molecule has 0 aliphatic carbocycles. The Bertz CT molecular complexity index is 531. The normalized spacial score (nSPS) is 10.5. The molecule has 0 spiro atoms. The number of anilines is 1. The smallest absolute Gasteiger partial charge is 0.150 e. The molecule has 0 radical (unpaired) electrons. The van der Waals surface area contributed by atoms with Crippen LogP contribution in [0, 0.1) is 5.82 Å². The van der Waals surface area contributed by atoms with E-state index in [-0.39, 0.29) is 11.5 Å². The van der Waals surface area contributed by atoms with Crippen molar-refractivity contribution in [2.24, 2.45) is 0 Å². The molecular formula is C13H11BrFNS. The first-order chi connectivity index (χ1) is 8.18. The monoisotopic (exact) mass is 311 g/mol. The number of rotatable bonds is 3. The van der Waals surface area contributed by atoms with E-state index in [1.807, 2.05) is 24.3 Å². The number of hydrogen-bond donors (Lipinski definition) is 1. The topological polar surface area (TPSA) is 26.0 Å². The summed E-state index contributed by atoms with van der Waals surface area (Å²) in [5.41, 5.74) is 6.36. The lowest BCUT2D eigenvalue weighted by Gasteiger charge is -2.06. The maximum atomic E-state index is 13.7. The van der Waals surface area contributed by atoms with Crippen molar-refractivity contribution >= 4 is 33.4 Å². The fraction of sp³-hybridized carbons (Fsp3) is 0.0769. The summed E-state index contributed by atoms with van der Waals surface area (Å²) in [7, 11) is 0. The van der Waals surface area contributed by atoms with Crippen LogP contribution < -0.4 is 5.73 Å². The molecule has 88 valence electrons. The number of thioether (sulfide) groups is 1. The lowest BCUT2D eigenvalue weighted by Crippen LogP contribution is -1.95. The van der Waals surface area contributed by atoms with Crippen LogP contribution in [0.1, 0.15) is 5.56 Å². The Morgan fingerprint density at radius 1 is 1.12 bits per heavy atom. The first-order valence-corrected chi connectivity index (χ1v) is 6.86. The van der Waals surface area contributed by atoms with Gasteiger partial charge in [0, 0.05) is 20.7 Å². The van der Waals surface area contributed by atoms with Gasteiger partial charge < -0.3 is 5.73 Å². The van der Waals surface area contributed by atoms with E-state index in [1.54, 1.807) is 30.0 Å². The summed E-state index contributed by atoms with van der Waals surface area (Å²) in [5, 5.41) is 0. The molecule has 0 aliphatic rings. The zero-order chi connectivity index (χ0) is 12.3. The van der Waals surface area contributed by atoms with Crippen molar-refractivity contribution in [3.05, 3.63) is 58.3 Å². The summed E-state index contributed by atoms with van der Waals surface area (Å²) < 4.78 is 14.7. The van der Waals surface area contributed by atoms with Gasteiger partial charge in [-0.25, -0.2) is 4.39 Å². The predicted octanol–water partition coefficient (Wildman–Crippen LogP) is 4.46. The largest absolute Gasteiger partial charge is 0.396 e. The Kier molecular flexibility index (Phi) is 4.07. The molecule has 0 aliphatic heterocycles. The highest BCUT2D eigenvalue weighted by atomic mass is 79.9. The Balaban J connectivity index is 2.13. The number of nitrogen functional groups attached to an aromatic ring is 1. The highest BCUT2D eigenvalue weighted by Gasteiger charge is 2.06. The van der Waals surface area contributed by atoms with Gasteiger partial charge in [0.1, 0.15) is 5.82 Å². The van der Waals surface area contributed by atoms with E-state index < -0.39 is 0 Å². The van der Waals surface area contributed by atoms with Gasteiger partial charge in [-0.2, -0.15) is 0 Å². The van der Waals surface area contributed by atoms with E-state index in [9.17, 15) is 4.39 Å². The van der Waals surface area contributed by atoms with Crippen molar-refractivity contribution in [3.63, 3.8) is 0 Å². The standard InChI is InChI=1S/C13H11BrFNS/c14-10-5-1-2-7-12(10)17-8-9-4-3-6-11(16)13(9)15/h1-7H,8,16H2. The summed E-state index contributed by atoms with van der Waals surface area (Å²) in [5.74, 6) is 0.256. The maximum Gasteiger partial charge on any atom is 0.150 e. The van der Waals surface area contributed by atoms with Crippen LogP contribution in [0.15, 0.2) is 51.8 Å². The summed E-state index contributed by atoms with van der Waals surface area (Å²) in [4.78, 5) is 1.09. The first kappa shape index (κ1) is 12.5. The van der Waals surface area contributed by atoms with Crippen molar-refractivity contribution in [2.45, 2.75) is 10.6 Å². The van der Waals surface area contributed by atoms with Gasteiger partial charge in [-0.1, -0.05) is 24.3 Å². The van der Waals surface area contributed by atoms with Crippen LogP contribution in [0.5, 0.6) is 0 Å². The van der Waals surface area contributed by atoms with E-state index >= 15 is 0 Å². The van der Waals surface area contributed by atoms with E-state index in [1.165, 1.54) is 0 Å². The molecule has 2 aromatic carbocycles. The van der Waals surface area contributed by atoms with Crippen molar-refractivity contribution in [2.75, 3.05) is 5.73 Å². The Labute approximate surface area is 112 Å². The van der Waals surface area contributed by atoms with E-state index in [0.717, 1.165) is 9.37 Å². The first-order valence-electron chi connectivity index (χ1n) is 5.08.